The fraction of sp³-hybridized carbons (Fsp3) is 0.900. The summed E-state index contributed by atoms with van der Waals surface area (Å²) in [5, 5.41) is 16.2. The second-order valence-corrected chi connectivity index (χ2v) is 6.15. The van der Waals surface area contributed by atoms with E-state index in [-0.39, 0.29) is 6.42 Å². The van der Waals surface area contributed by atoms with E-state index in [1.54, 1.807) is 0 Å². The summed E-state index contributed by atoms with van der Waals surface area (Å²) in [6, 6.07) is 0. The largest absolute Gasteiger partial charge is 0.481 e. The van der Waals surface area contributed by atoms with E-state index >= 15 is 0 Å². The van der Waals surface area contributed by atoms with Crippen LogP contribution >= 0.6 is 7.60 Å². The smallest absolute Gasteiger partial charge is 0.356 e. The van der Waals surface area contributed by atoms with Crippen molar-refractivity contribution in [2.75, 3.05) is 0 Å². The van der Waals surface area contributed by atoms with E-state index in [4.69, 9.17) is 14.9 Å². The number of rotatable bonds is 9. The molecule has 7 heteroatoms. The molecule has 6 nitrogen and oxygen atoms in total. The van der Waals surface area contributed by atoms with Crippen molar-refractivity contribution in [1.82, 2.24) is 0 Å². The molecule has 17 heavy (non-hydrogen) atoms. The van der Waals surface area contributed by atoms with Crippen LogP contribution in [0.1, 0.15) is 51.9 Å². The Morgan fingerprint density at radius 1 is 1.18 bits per heavy atom. The fourth-order valence-electron chi connectivity index (χ4n) is 1.56. The molecule has 0 amide bonds. The van der Waals surface area contributed by atoms with Crippen LogP contribution in [0.4, 0.5) is 0 Å². The maximum atomic E-state index is 11.2. The van der Waals surface area contributed by atoms with E-state index in [1.807, 2.05) is 6.92 Å². The molecule has 0 fully saturated rings. The van der Waals surface area contributed by atoms with Gasteiger partial charge >= 0.3 is 13.6 Å². The van der Waals surface area contributed by atoms with Gasteiger partial charge in [0.15, 0.2) is 5.34 Å². The maximum Gasteiger partial charge on any atom is 0.356 e. The second-order valence-electron chi connectivity index (χ2n) is 4.23. The summed E-state index contributed by atoms with van der Waals surface area (Å²) in [5.41, 5.74) is 0. The van der Waals surface area contributed by atoms with Crippen LogP contribution in [0.3, 0.4) is 0 Å². The van der Waals surface area contributed by atoms with E-state index in [0.29, 0.717) is 6.42 Å². The summed E-state index contributed by atoms with van der Waals surface area (Å²) in [4.78, 5) is 28.5. The highest BCUT2D eigenvalue weighted by Gasteiger charge is 2.44. The first-order chi connectivity index (χ1) is 7.73. The molecule has 0 radical (unpaired) electrons. The highest BCUT2D eigenvalue weighted by molar-refractivity contribution is 7.53. The molecule has 0 rings (SSSR count). The zero-order valence-corrected chi connectivity index (χ0v) is 10.9. The molecule has 0 aliphatic carbocycles. The Labute approximate surface area is 101 Å². The van der Waals surface area contributed by atoms with Crippen molar-refractivity contribution in [3.05, 3.63) is 0 Å². The predicted octanol–water partition coefficient (Wildman–Crippen LogP) is 1.69. The van der Waals surface area contributed by atoms with Gasteiger partial charge in [0.25, 0.3) is 0 Å². The molecule has 0 heterocycles. The van der Waals surface area contributed by atoms with Crippen molar-refractivity contribution in [3.8, 4) is 0 Å². The SMILES string of the molecule is CCCCCCC(O)(CCC(=O)O)P(=O)(O)O. The van der Waals surface area contributed by atoms with Gasteiger partial charge in [-0.2, -0.15) is 0 Å². The summed E-state index contributed by atoms with van der Waals surface area (Å²) < 4.78 is 11.2. The van der Waals surface area contributed by atoms with Gasteiger partial charge < -0.3 is 20.0 Å². The third-order valence-corrected chi connectivity index (χ3v) is 4.24. The van der Waals surface area contributed by atoms with Gasteiger partial charge in [-0.15, -0.1) is 0 Å². The van der Waals surface area contributed by atoms with Crippen molar-refractivity contribution in [2.45, 2.75) is 57.2 Å². The summed E-state index contributed by atoms with van der Waals surface area (Å²) in [5.74, 6) is -1.18. The lowest BCUT2D eigenvalue weighted by Crippen LogP contribution is -2.29. The number of aliphatic hydroxyl groups is 1. The number of carboxylic acid groups (broad SMARTS) is 1. The Balaban J connectivity index is 4.41. The quantitative estimate of drug-likeness (QED) is 0.373. The van der Waals surface area contributed by atoms with Gasteiger partial charge in [-0.05, 0) is 19.3 Å². The monoisotopic (exact) mass is 268 g/mol. The minimum absolute atomic E-state index is 0.0649. The number of hydrogen-bond acceptors (Lipinski definition) is 3. The van der Waals surface area contributed by atoms with Crippen LogP contribution in [-0.2, 0) is 9.36 Å². The predicted molar refractivity (Wildman–Crippen MR) is 62.6 cm³/mol. The first-order valence-electron chi connectivity index (χ1n) is 5.73. The fourth-order valence-corrected chi connectivity index (χ4v) is 2.41. The molecule has 0 aromatic rings. The Kier molecular flexibility index (Phi) is 6.94. The molecule has 4 N–H and O–H groups in total. The van der Waals surface area contributed by atoms with Crippen molar-refractivity contribution >= 4 is 13.6 Å². The Morgan fingerprint density at radius 2 is 1.76 bits per heavy atom. The number of hydrogen-bond donors (Lipinski definition) is 4. The zero-order chi connectivity index (χ0) is 13.5. The van der Waals surface area contributed by atoms with Crippen LogP contribution < -0.4 is 0 Å². The van der Waals surface area contributed by atoms with E-state index < -0.39 is 31.7 Å². The lowest BCUT2D eigenvalue weighted by atomic mass is 10.0. The molecular formula is C10H21O6P. The van der Waals surface area contributed by atoms with Gasteiger partial charge in [0, 0.05) is 6.42 Å². The van der Waals surface area contributed by atoms with Crippen molar-refractivity contribution in [3.63, 3.8) is 0 Å². The van der Waals surface area contributed by atoms with Crippen LogP contribution in [0.5, 0.6) is 0 Å². The summed E-state index contributed by atoms with van der Waals surface area (Å²) in [7, 11) is -4.70. The van der Waals surface area contributed by atoms with Crippen molar-refractivity contribution < 1.29 is 29.4 Å². The zero-order valence-electron chi connectivity index (χ0n) is 10.0. The average molecular weight is 268 g/mol. The standard InChI is InChI=1S/C10H21O6P/c1-2-3-4-5-7-10(13,17(14,15)16)8-6-9(11)12/h13H,2-8H2,1H3,(H,11,12)(H2,14,15,16). The lowest BCUT2D eigenvalue weighted by molar-refractivity contribution is -0.138. The summed E-state index contributed by atoms with van der Waals surface area (Å²) >= 11 is 0. The normalized spacial score (nSPS) is 15.5. The molecule has 0 aromatic heterocycles. The third-order valence-electron chi connectivity index (χ3n) is 2.71. The van der Waals surface area contributed by atoms with E-state index in [2.05, 4.69) is 0 Å². The minimum Gasteiger partial charge on any atom is -0.481 e. The average Bonchev–Trinajstić information content (AvgIpc) is 2.20. The van der Waals surface area contributed by atoms with Gasteiger partial charge in [-0.1, -0.05) is 26.2 Å². The lowest BCUT2D eigenvalue weighted by Gasteiger charge is -2.28. The molecule has 0 saturated carbocycles. The van der Waals surface area contributed by atoms with Crippen molar-refractivity contribution in [1.29, 1.82) is 0 Å². The molecule has 0 aliphatic rings. The molecule has 0 bridgehead atoms. The second kappa shape index (κ2) is 7.11. The van der Waals surface area contributed by atoms with Gasteiger partial charge in [0.05, 0.1) is 0 Å². The molecule has 102 valence electrons. The molecule has 0 spiro atoms. The number of unbranched alkanes of at least 4 members (excludes halogenated alkanes) is 3. The third kappa shape index (κ3) is 6.17. The van der Waals surface area contributed by atoms with Gasteiger partial charge in [0.1, 0.15) is 0 Å². The minimum atomic E-state index is -4.70. The van der Waals surface area contributed by atoms with E-state index in [1.165, 1.54) is 0 Å². The van der Waals surface area contributed by atoms with E-state index in [9.17, 15) is 14.5 Å². The van der Waals surface area contributed by atoms with Crippen LogP contribution in [0.2, 0.25) is 0 Å². The summed E-state index contributed by atoms with van der Waals surface area (Å²) in [6.07, 6.45) is 2.22. The van der Waals surface area contributed by atoms with Gasteiger partial charge in [-0.25, -0.2) is 0 Å². The Morgan fingerprint density at radius 3 is 2.18 bits per heavy atom. The Bertz CT molecular complexity index is 287. The Hall–Kier alpha value is -0.420. The van der Waals surface area contributed by atoms with Crippen LogP contribution in [0.25, 0.3) is 0 Å². The summed E-state index contributed by atoms with van der Waals surface area (Å²) in [6.45, 7) is 2.00. The highest BCUT2D eigenvalue weighted by atomic mass is 31.2. The molecule has 0 aliphatic heterocycles. The van der Waals surface area contributed by atoms with Crippen LogP contribution in [0.15, 0.2) is 0 Å². The van der Waals surface area contributed by atoms with E-state index in [0.717, 1.165) is 19.3 Å². The van der Waals surface area contributed by atoms with Crippen LogP contribution in [0, 0.1) is 0 Å². The topological polar surface area (TPSA) is 115 Å². The number of carboxylic acids is 1. The first-order valence-corrected chi connectivity index (χ1v) is 7.34. The van der Waals surface area contributed by atoms with Crippen LogP contribution in [-0.4, -0.2) is 31.3 Å². The molecule has 0 saturated heterocycles. The molecule has 0 aromatic carbocycles. The first kappa shape index (κ1) is 16.6. The van der Waals surface area contributed by atoms with Gasteiger partial charge in [-0.3, -0.25) is 9.36 Å². The molecular weight excluding hydrogens is 247 g/mol. The maximum absolute atomic E-state index is 11.2. The number of aliphatic carboxylic acids is 1. The van der Waals surface area contributed by atoms with Gasteiger partial charge in [0.2, 0.25) is 0 Å². The highest BCUT2D eigenvalue weighted by Crippen LogP contribution is 2.53. The molecule has 1 unspecified atom stereocenters. The number of carbonyl (C=O) groups is 1. The molecule has 1 atom stereocenters. The van der Waals surface area contributed by atoms with Crippen molar-refractivity contribution in [2.24, 2.45) is 0 Å².